The number of allylic oxidation sites excluding steroid dienone is 3. The highest BCUT2D eigenvalue weighted by atomic mass is 16.5. The van der Waals surface area contributed by atoms with Crippen LogP contribution in [0.4, 0.5) is 0 Å². The van der Waals surface area contributed by atoms with Gasteiger partial charge in [0.2, 0.25) is 0 Å². The lowest BCUT2D eigenvalue weighted by atomic mass is 9.76. The van der Waals surface area contributed by atoms with Gasteiger partial charge in [0.05, 0.1) is 30.1 Å². The lowest BCUT2D eigenvalue weighted by molar-refractivity contribution is -0.140. The molecule has 1 fully saturated rings. The van der Waals surface area contributed by atoms with Gasteiger partial charge in [0.25, 0.3) is 5.91 Å². The zero-order valence-electron chi connectivity index (χ0n) is 20.7. The molecule has 0 radical (unpaired) electrons. The molecule has 1 aliphatic carbocycles. The SMILES string of the molecule is O=C=C1C(C(=O)OCc2ccccn2)=CC=C(c2ccc(C(=O)N3CCOCC3)cc2)C1c1ccccc1. The number of hydrogen-bond acceptors (Lipinski definition) is 6. The fraction of sp³-hybridized carbons (Fsp3) is 0.194. The van der Waals surface area contributed by atoms with Gasteiger partial charge in [-0.15, -0.1) is 0 Å². The van der Waals surface area contributed by atoms with Crippen molar-refractivity contribution in [3.63, 3.8) is 0 Å². The maximum absolute atomic E-state index is 13.0. The van der Waals surface area contributed by atoms with E-state index >= 15 is 0 Å². The summed E-state index contributed by atoms with van der Waals surface area (Å²) in [6.45, 7) is 2.21. The summed E-state index contributed by atoms with van der Waals surface area (Å²) in [7, 11) is 0. The van der Waals surface area contributed by atoms with Gasteiger partial charge < -0.3 is 14.4 Å². The summed E-state index contributed by atoms with van der Waals surface area (Å²) in [5, 5.41) is 0. The Morgan fingerprint density at radius 2 is 1.68 bits per heavy atom. The van der Waals surface area contributed by atoms with Crippen LogP contribution in [0.5, 0.6) is 0 Å². The predicted octanol–water partition coefficient (Wildman–Crippen LogP) is 4.16. The Morgan fingerprint density at radius 1 is 0.947 bits per heavy atom. The molecule has 1 aliphatic heterocycles. The maximum atomic E-state index is 13.0. The third-order valence-corrected chi connectivity index (χ3v) is 6.62. The fourth-order valence-corrected chi connectivity index (χ4v) is 4.67. The molecule has 1 unspecified atom stereocenters. The van der Waals surface area contributed by atoms with Crippen LogP contribution >= 0.6 is 0 Å². The molecule has 0 bridgehead atoms. The second-order valence-electron chi connectivity index (χ2n) is 8.94. The standard InChI is InChI=1S/C31H26N2O5/c34-20-28-27(31(36)38-21-25-8-4-5-15-32-25)14-13-26(29(28)23-6-2-1-3-7-23)22-9-11-24(12-10-22)30(35)33-16-18-37-19-17-33/h1-15,29H,16-19,21H2. The van der Waals surface area contributed by atoms with Crippen LogP contribution in [-0.4, -0.2) is 54.0 Å². The van der Waals surface area contributed by atoms with Crippen molar-refractivity contribution in [2.45, 2.75) is 12.5 Å². The minimum atomic E-state index is -0.614. The number of rotatable bonds is 6. The van der Waals surface area contributed by atoms with E-state index in [0.29, 0.717) is 37.6 Å². The number of carbonyl (C=O) groups excluding carboxylic acids is 3. The van der Waals surface area contributed by atoms with Crippen molar-refractivity contribution in [2.24, 2.45) is 0 Å². The van der Waals surface area contributed by atoms with Gasteiger partial charge in [-0.25, -0.2) is 9.59 Å². The second kappa shape index (κ2) is 11.6. The Morgan fingerprint density at radius 3 is 2.37 bits per heavy atom. The summed E-state index contributed by atoms with van der Waals surface area (Å²) < 4.78 is 10.8. The molecular weight excluding hydrogens is 480 g/mol. The normalized spacial score (nSPS) is 17.2. The van der Waals surface area contributed by atoms with Gasteiger partial charge >= 0.3 is 5.97 Å². The highest BCUT2D eigenvalue weighted by Crippen LogP contribution is 2.43. The van der Waals surface area contributed by atoms with E-state index in [1.165, 1.54) is 0 Å². The lowest BCUT2D eigenvalue weighted by Gasteiger charge is -2.28. The number of carbonyl (C=O) groups is 2. The topological polar surface area (TPSA) is 85.8 Å². The molecule has 5 rings (SSSR count). The monoisotopic (exact) mass is 506 g/mol. The van der Waals surface area contributed by atoms with E-state index in [1.807, 2.05) is 60.5 Å². The third-order valence-electron chi connectivity index (χ3n) is 6.62. The fourth-order valence-electron chi connectivity index (χ4n) is 4.67. The molecule has 1 amide bonds. The summed E-state index contributed by atoms with van der Waals surface area (Å²) in [6.07, 6.45) is 5.05. The smallest absolute Gasteiger partial charge is 0.339 e. The molecule has 2 heterocycles. The summed E-state index contributed by atoms with van der Waals surface area (Å²) in [4.78, 5) is 44.2. The van der Waals surface area contributed by atoms with Crippen molar-refractivity contribution in [3.05, 3.63) is 125 Å². The van der Waals surface area contributed by atoms with E-state index in [2.05, 4.69) is 4.98 Å². The zero-order valence-corrected chi connectivity index (χ0v) is 20.7. The quantitative estimate of drug-likeness (QED) is 0.369. The molecule has 3 aromatic rings. The van der Waals surface area contributed by atoms with Gasteiger partial charge in [0, 0.05) is 30.8 Å². The van der Waals surface area contributed by atoms with Crippen molar-refractivity contribution >= 4 is 23.4 Å². The molecule has 1 aromatic heterocycles. The molecular formula is C31H26N2O5. The van der Waals surface area contributed by atoms with Crippen LogP contribution < -0.4 is 0 Å². The number of morpholine rings is 1. The van der Waals surface area contributed by atoms with Crippen molar-refractivity contribution in [2.75, 3.05) is 26.3 Å². The highest BCUT2D eigenvalue weighted by molar-refractivity contribution is 6.02. The predicted molar refractivity (Wildman–Crippen MR) is 142 cm³/mol. The van der Waals surface area contributed by atoms with Crippen molar-refractivity contribution < 1.29 is 23.9 Å². The average Bonchev–Trinajstić information content (AvgIpc) is 3.00. The lowest BCUT2D eigenvalue weighted by Crippen LogP contribution is -2.40. The number of amides is 1. The number of esters is 1. The van der Waals surface area contributed by atoms with E-state index in [1.54, 1.807) is 41.4 Å². The van der Waals surface area contributed by atoms with Crippen LogP contribution in [0, 0.1) is 0 Å². The molecule has 2 aromatic carbocycles. The van der Waals surface area contributed by atoms with Crippen LogP contribution in [0.2, 0.25) is 0 Å². The van der Waals surface area contributed by atoms with Crippen molar-refractivity contribution in [1.29, 1.82) is 0 Å². The van der Waals surface area contributed by atoms with E-state index in [-0.39, 0.29) is 23.7 Å². The van der Waals surface area contributed by atoms with Crippen LogP contribution in [-0.2, 0) is 25.7 Å². The van der Waals surface area contributed by atoms with E-state index in [4.69, 9.17) is 9.47 Å². The van der Waals surface area contributed by atoms with E-state index in [9.17, 15) is 14.4 Å². The first-order chi connectivity index (χ1) is 18.7. The number of nitrogens with zero attached hydrogens (tertiary/aromatic N) is 2. The third kappa shape index (κ3) is 5.39. The Bertz CT molecular complexity index is 1420. The van der Waals surface area contributed by atoms with Gasteiger partial charge in [0.1, 0.15) is 12.5 Å². The van der Waals surface area contributed by atoms with Gasteiger partial charge in [0.15, 0.2) is 0 Å². The Balaban J connectivity index is 1.45. The number of benzene rings is 2. The molecule has 7 heteroatoms. The Kier molecular flexibility index (Phi) is 7.69. The molecule has 0 saturated carbocycles. The first-order valence-corrected chi connectivity index (χ1v) is 12.4. The number of aromatic nitrogens is 1. The van der Waals surface area contributed by atoms with Crippen LogP contribution in [0.25, 0.3) is 5.57 Å². The summed E-state index contributed by atoms with van der Waals surface area (Å²) in [6, 6.07) is 22.2. The number of ether oxygens (including phenoxy) is 2. The molecule has 2 aliphatic rings. The van der Waals surface area contributed by atoms with Crippen molar-refractivity contribution in [3.8, 4) is 0 Å². The van der Waals surface area contributed by atoms with E-state index in [0.717, 1.165) is 16.7 Å². The first kappa shape index (κ1) is 25.1. The number of hydrogen-bond donors (Lipinski definition) is 0. The number of pyridine rings is 1. The van der Waals surface area contributed by atoms with Crippen molar-refractivity contribution in [1.82, 2.24) is 9.88 Å². The van der Waals surface area contributed by atoms with Gasteiger partial charge in [-0.05, 0) is 47.0 Å². The average molecular weight is 507 g/mol. The summed E-state index contributed by atoms with van der Waals surface area (Å²) in [5.41, 5.74) is 4.05. The molecule has 7 nitrogen and oxygen atoms in total. The Hall–Kier alpha value is -4.58. The van der Waals surface area contributed by atoms with E-state index < -0.39 is 11.9 Å². The van der Waals surface area contributed by atoms with Gasteiger partial charge in [-0.2, -0.15) is 0 Å². The maximum Gasteiger partial charge on any atom is 0.339 e. The van der Waals surface area contributed by atoms with Gasteiger partial charge in [-0.3, -0.25) is 9.78 Å². The second-order valence-corrected chi connectivity index (χ2v) is 8.94. The van der Waals surface area contributed by atoms with Crippen LogP contribution in [0.3, 0.4) is 0 Å². The first-order valence-electron chi connectivity index (χ1n) is 12.4. The van der Waals surface area contributed by atoms with Crippen LogP contribution in [0.1, 0.15) is 33.1 Å². The molecule has 190 valence electrons. The van der Waals surface area contributed by atoms with Gasteiger partial charge in [-0.1, -0.05) is 54.6 Å². The Labute approximate surface area is 220 Å². The molecule has 1 atom stereocenters. The molecule has 38 heavy (non-hydrogen) atoms. The van der Waals surface area contributed by atoms with Crippen LogP contribution in [0.15, 0.2) is 102 Å². The highest BCUT2D eigenvalue weighted by Gasteiger charge is 2.32. The summed E-state index contributed by atoms with van der Waals surface area (Å²) >= 11 is 0. The zero-order chi connectivity index (χ0) is 26.3. The minimum absolute atomic E-state index is 0.00560. The molecule has 0 N–H and O–H groups in total. The largest absolute Gasteiger partial charge is 0.456 e. The minimum Gasteiger partial charge on any atom is -0.456 e. The molecule has 1 saturated heterocycles. The molecule has 0 spiro atoms. The summed E-state index contributed by atoms with van der Waals surface area (Å²) in [5.74, 6) is 0.839.